The molecule has 1 atom stereocenters. The van der Waals surface area contributed by atoms with Gasteiger partial charge in [0.25, 0.3) is 5.91 Å². The van der Waals surface area contributed by atoms with Gasteiger partial charge in [0.1, 0.15) is 5.82 Å². The first-order valence-electron chi connectivity index (χ1n) is 8.32. The first-order chi connectivity index (χ1) is 12.1. The highest BCUT2D eigenvalue weighted by molar-refractivity contribution is 7.96. The Hall–Kier alpha value is -1.52. The lowest BCUT2D eigenvalue weighted by atomic mass is 10.1. The molecule has 2 heterocycles. The minimum atomic E-state index is -3.95. The Labute approximate surface area is 152 Å². The third-order valence-electron chi connectivity index (χ3n) is 4.92. The number of halogens is 1. The largest absolute Gasteiger partial charge is 0.336 e. The summed E-state index contributed by atoms with van der Waals surface area (Å²) in [6, 6.07) is 3.09. The molecule has 26 heavy (non-hydrogen) atoms. The third kappa shape index (κ3) is 3.77. The smallest absolute Gasteiger partial charge is 0.256 e. The predicted molar refractivity (Wildman–Crippen MR) is 94.0 cm³/mol. The molecule has 7 nitrogen and oxygen atoms in total. The number of carbonyl (C=O) groups excluding carboxylic acids is 1. The quantitative estimate of drug-likeness (QED) is 0.667. The van der Waals surface area contributed by atoms with Gasteiger partial charge in [0.15, 0.2) is 19.7 Å². The van der Waals surface area contributed by atoms with Gasteiger partial charge in [-0.3, -0.25) is 4.79 Å². The Bertz CT molecular complexity index is 922. The number of hydrogen-bond donors (Lipinski definition) is 0. The van der Waals surface area contributed by atoms with Crippen molar-refractivity contribution in [3.63, 3.8) is 0 Å². The maximum atomic E-state index is 14.2. The Kier molecular flexibility index (Phi) is 5.11. The number of hydrogen-bond acceptors (Lipinski definition) is 6. The predicted octanol–water partition coefficient (Wildman–Crippen LogP) is 0.174. The van der Waals surface area contributed by atoms with Crippen LogP contribution in [0, 0.1) is 5.82 Å². The molecule has 0 aromatic heterocycles. The molecular formula is C16H21FN2O5S2. The van der Waals surface area contributed by atoms with Gasteiger partial charge in [-0.05, 0) is 31.7 Å². The van der Waals surface area contributed by atoms with Crippen molar-refractivity contribution in [1.29, 1.82) is 0 Å². The fourth-order valence-electron chi connectivity index (χ4n) is 3.22. The Morgan fingerprint density at radius 3 is 2.42 bits per heavy atom. The summed E-state index contributed by atoms with van der Waals surface area (Å²) in [5.41, 5.74) is -0.295. The van der Waals surface area contributed by atoms with Crippen molar-refractivity contribution < 1.29 is 26.0 Å². The molecule has 2 fully saturated rings. The van der Waals surface area contributed by atoms with Crippen LogP contribution in [0.4, 0.5) is 4.39 Å². The molecule has 1 aromatic rings. The molecule has 0 spiro atoms. The lowest BCUT2D eigenvalue weighted by Gasteiger charge is -2.32. The highest BCUT2D eigenvalue weighted by atomic mass is 32.2. The second-order valence-electron chi connectivity index (χ2n) is 6.81. The van der Waals surface area contributed by atoms with Crippen LogP contribution < -0.4 is 0 Å². The van der Waals surface area contributed by atoms with E-state index in [-0.39, 0.29) is 22.6 Å². The van der Waals surface area contributed by atoms with E-state index in [1.807, 2.05) is 11.9 Å². The van der Waals surface area contributed by atoms with Gasteiger partial charge in [0, 0.05) is 26.2 Å². The second-order valence-corrected chi connectivity index (χ2v) is 11.3. The number of piperazine rings is 1. The van der Waals surface area contributed by atoms with Crippen LogP contribution in [-0.2, 0) is 19.7 Å². The van der Waals surface area contributed by atoms with E-state index < -0.39 is 42.4 Å². The van der Waals surface area contributed by atoms with Crippen molar-refractivity contribution in [3.8, 4) is 0 Å². The van der Waals surface area contributed by atoms with Crippen molar-refractivity contribution in [1.82, 2.24) is 9.80 Å². The number of benzene rings is 1. The van der Waals surface area contributed by atoms with Gasteiger partial charge in [-0.2, -0.15) is 0 Å². The van der Waals surface area contributed by atoms with E-state index in [0.29, 0.717) is 26.2 Å². The van der Waals surface area contributed by atoms with Crippen LogP contribution in [0.5, 0.6) is 0 Å². The van der Waals surface area contributed by atoms with Gasteiger partial charge in [-0.25, -0.2) is 21.2 Å². The minimum absolute atomic E-state index is 0.0176. The third-order valence-corrected chi connectivity index (χ3v) is 9.09. The Balaban J connectivity index is 1.89. The lowest BCUT2D eigenvalue weighted by molar-refractivity contribution is 0.0659. The summed E-state index contributed by atoms with van der Waals surface area (Å²) in [6.07, 6.45) is 0.0176. The summed E-state index contributed by atoms with van der Waals surface area (Å²) < 4.78 is 62.8. The molecule has 1 unspecified atom stereocenters. The highest BCUT2D eigenvalue weighted by Gasteiger charge is 2.38. The number of nitrogens with zero attached hydrogens (tertiary/aromatic N) is 2. The van der Waals surface area contributed by atoms with Crippen molar-refractivity contribution in [2.45, 2.75) is 16.6 Å². The fraction of sp³-hybridized carbons (Fsp3) is 0.562. The van der Waals surface area contributed by atoms with Gasteiger partial charge in [0.2, 0.25) is 0 Å². The van der Waals surface area contributed by atoms with Crippen molar-refractivity contribution in [2.75, 3.05) is 44.7 Å². The fourth-order valence-corrected chi connectivity index (χ4v) is 7.61. The molecule has 0 bridgehead atoms. The molecule has 2 aliphatic heterocycles. The van der Waals surface area contributed by atoms with E-state index in [1.54, 1.807) is 0 Å². The summed E-state index contributed by atoms with van der Waals surface area (Å²) in [5, 5.41) is -1.05. The van der Waals surface area contributed by atoms with Crippen LogP contribution in [0.2, 0.25) is 0 Å². The number of sulfone groups is 2. The number of amides is 1. The number of likely N-dealkylation sites (N-methyl/N-ethyl adjacent to an activating group) is 1. The average Bonchev–Trinajstić information content (AvgIpc) is 2.96. The zero-order valence-electron chi connectivity index (χ0n) is 14.4. The normalized spacial score (nSPS) is 23.9. The van der Waals surface area contributed by atoms with Gasteiger partial charge >= 0.3 is 0 Å². The van der Waals surface area contributed by atoms with Crippen molar-refractivity contribution in [3.05, 3.63) is 29.6 Å². The van der Waals surface area contributed by atoms with E-state index in [4.69, 9.17) is 0 Å². The molecule has 2 aliphatic rings. The first-order valence-corrected chi connectivity index (χ1v) is 11.7. The molecule has 10 heteroatoms. The first kappa shape index (κ1) is 19.2. The van der Waals surface area contributed by atoms with Gasteiger partial charge in [0.05, 0.1) is 27.2 Å². The SMILES string of the molecule is CN1CCN(C(=O)c2cc(S(=O)(=O)C3CCS(=O)(=O)C3)ccc2F)CC1. The molecule has 3 rings (SSSR count). The maximum Gasteiger partial charge on any atom is 0.256 e. The summed E-state index contributed by atoms with van der Waals surface area (Å²) in [5.74, 6) is -1.95. The topological polar surface area (TPSA) is 91.8 Å². The molecule has 0 N–H and O–H groups in total. The van der Waals surface area contributed by atoms with E-state index in [2.05, 4.69) is 0 Å². The standard InChI is InChI=1S/C16H21FN2O5S2/c1-18-5-7-19(8-6-18)16(20)14-10-12(2-3-15(14)17)26(23,24)13-4-9-25(21,22)11-13/h2-3,10,13H,4-9,11H2,1H3. The molecule has 0 saturated carbocycles. The van der Waals surface area contributed by atoms with Gasteiger partial charge in [-0.15, -0.1) is 0 Å². The molecular weight excluding hydrogens is 383 g/mol. The Morgan fingerprint density at radius 2 is 1.85 bits per heavy atom. The van der Waals surface area contributed by atoms with Crippen LogP contribution in [0.15, 0.2) is 23.1 Å². The van der Waals surface area contributed by atoms with Crippen molar-refractivity contribution >= 4 is 25.6 Å². The summed E-state index contributed by atoms with van der Waals surface area (Å²) in [6.45, 7) is 2.19. The molecule has 0 aliphatic carbocycles. The van der Waals surface area contributed by atoms with Gasteiger partial charge < -0.3 is 9.80 Å². The van der Waals surface area contributed by atoms with E-state index in [0.717, 1.165) is 18.2 Å². The second kappa shape index (κ2) is 6.90. The molecule has 1 amide bonds. The van der Waals surface area contributed by atoms with Crippen LogP contribution in [-0.4, -0.2) is 82.5 Å². The van der Waals surface area contributed by atoms with Crippen LogP contribution in [0.1, 0.15) is 16.8 Å². The monoisotopic (exact) mass is 404 g/mol. The van der Waals surface area contributed by atoms with Crippen molar-refractivity contribution in [2.24, 2.45) is 0 Å². The average molecular weight is 404 g/mol. The van der Waals surface area contributed by atoms with Gasteiger partial charge in [-0.1, -0.05) is 0 Å². The van der Waals surface area contributed by atoms with E-state index in [1.165, 1.54) is 4.90 Å². The number of rotatable bonds is 3. The summed E-state index contributed by atoms with van der Waals surface area (Å²) in [7, 11) is -5.40. The van der Waals surface area contributed by atoms with Crippen LogP contribution in [0.25, 0.3) is 0 Å². The van der Waals surface area contributed by atoms with Crippen LogP contribution >= 0.6 is 0 Å². The number of carbonyl (C=O) groups is 1. The molecule has 144 valence electrons. The Morgan fingerprint density at radius 1 is 1.19 bits per heavy atom. The van der Waals surface area contributed by atoms with Crippen LogP contribution in [0.3, 0.4) is 0 Å². The maximum absolute atomic E-state index is 14.2. The molecule has 0 radical (unpaired) electrons. The van der Waals surface area contributed by atoms with E-state index >= 15 is 0 Å². The summed E-state index contributed by atoms with van der Waals surface area (Å²) >= 11 is 0. The zero-order valence-corrected chi connectivity index (χ0v) is 16.0. The lowest BCUT2D eigenvalue weighted by Crippen LogP contribution is -2.47. The summed E-state index contributed by atoms with van der Waals surface area (Å²) in [4.78, 5) is 15.9. The zero-order chi connectivity index (χ0) is 19.1. The minimum Gasteiger partial charge on any atom is -0.336 e. The highest BCUT2D eigenvalue weighted by Crippen LogP contribution is 2.27. The van der Waals surface area contributed by atoms with E-state index in [9.17, 15) is 26.0 Å². The molecule has 2 saturated heterocycles. The molecule has 1 aromatic carbocycles.